The fourth-order valence-corrected chi connectivity index (χ4v) is 1.63. The summed E-state index contributed by atoms with van der Waals surface area (Å²) in [5.74, 6) is 0.950. The van der Waals surface area contributed by atoms with E-state index >= 15 is 0 Å². The molecule has 1 rings (SSSR count). The highest BCUT2D eigenvalue weighted by molar-refractivity contribution is 4.89. The minimum Gasteiger partial charge on any atom is -0.303 e. The van der Waals surface area contributed by atoms with Crippen molar-refractivity contribution in [2.45, 2.75) is 33.1 Å². The smallest absolute Gasteiger partial charge is 0.00184 e. The molecule has 0 bridgehead atoms. The topological polar surface area (TPSA) is 3.24 Å². The maximum Gasteiger partial charge on any atom is 0.00184 e. The van der Waals surface area contributed by atoms with Gasteiger partial charge in [0.25, 0.3) is 0 Å². The third kappa shape index (κ3) is 3.40. The lowest BCUT2D eigenvalue weighted by Gasteiger charge is -2.30. The van der Waals surface area contributed by atoms with E-state index in [9.17, 15) is 0 Å². The molecule has 1 heteroatoms. The molecule has 1 aliphatic heterocycles. The summed E-state index contributed by atoms with van der Waals surface area (Å²) in [6.45, 7) is 12.2. The normalized spacial score (nSPS) is 21.2. The summed E-state index contributed by atoms with van der Waals surface area (Å²) in [4.78, 5) is 2.56. The van der Waals surface area contributed by atoms with E-state index in [1.807, 2.05) is 0 Å². The highest BCUT2D eigenvalue weighted by Gasteiger charge is 2.14. The number of likely N-dealkylation sites (tertiary alicyclic amines) is 1. The van der Waals surface area contributed by atoms with Gasteiger partial charge in [0.05, 0.1) is 0 Å². The van der Waals surface area contributed by atoms with Crippen molar-refractivity contribution in [3.63, 3.8) is 0 Å². The Morgan fingerprint density at radius 1 is 1.42 bits per heavy atom. The molecule has 0 unspecified atom stereocenters. The molecule has 70 valence electrons. The van der Waals surface area contributed by atoms with Gasteiger partial charge in [0.2, 0.25) is 0 Å². The zero-order valence-corrected chi connectivity index (χ0v) is 8.47. The van der Waals surface area contributed by atoms with Crippen molar-refractivity contribution in [1.29, 1.82) is 0 Å². The molecular weight excluding hydrogens is 146 g/mol. The molecule has 0 amide bonds. The van der Waals surface area contributed by atoms with Gasteiger partial charge in [-0.05, 0) is 45.2 Å². The molecule has 1 fully saturated rings. The molecule has 0 saturated carbocycles. The van der Waals surface area contributed by atoms with Gasteiger partial charge >= 0.3 is 0 Å². The minimum absolute atomic E-state index is 0.950. The van der Waals surface area contributed by atoms with E-state index in [1.165, 1.54) is 44.5 Å². The Morgan fingerprint density at radius 2 is 2.00 bits per heavy atom. The molecule has 1 nitrogen and oxygen atoms in total. The Kier molecular flexibility index (Phi) is 3.80. The molecule has 0 aromatic heterocycles. The van der Waals surface area contributed by atoms with Crippen LogP contribution in [0.2, 0.25) is 0 Å². The molecule has 0 aromatic rings. The third-order valence-corrected chi connectivity index (χ3v) is 2.73. The molecule has 0 aliphatic carbocycles. The van der Waals surface area contributed by atoms with Crippen molar-refractivity contribution in [2.24, 2.45) is 5.92 Å². The lowest BCUT2D eigenvalue weighted by Crippen LogP contribution is -2.33. The lowest BCUT2D eigenvalue weighted by molar-refractivity contribution is 0.194. The number of hydrogen-bond donors (Lipinski definition) is 0. The van der Waals surface area contributed by atoms with Gasteiger partial charge in [-0.3, -0.25) is 0 Å². The standard InChI is InChI=1S/C11H21N/c1-10(2)4-7-12-8-5-11(3)6-9-12/h11H,1,4-9H2,2-3H3. The Bertz CT molecular complexity index is 143. The van der Waals surface area contributed by atoms with Gasteiger partial charge in [-0.25, -0.2) is 0 Å². The van der Waals surface area contributed by atoms with Crippen LogP contribution >= 0.6 is 0 Å². The van der Waals surface area contributed by atoms with Gasteiger partial charge < -0.3 is 4.90 Å². The van der Waals surface area contributed by atoms with Crippen LogP contribution < -0.4 is 0 Å². The van der Waals surface area contributed by atoms with Gasteiger partial charge in [-0.2, -0.15) is 0 Å². The third-order valence-electron chi connectivity index (χ3n) is 2.73. The van der Waals surface area contributed by atoms with Crippen LogP contribution in [0, 0.1) is 5.92 Å². The van der Waals surface area contributed by atoms with Crippen LogP contribution in [0.5, 0.6) is 0 Å². The largest absolute Gasteiger partial charge is 0.303 e. The zero-order valence-electron chi connectivity index (χ0n) is 8.47. The fourth-order valence-electron chi connectivity index (χ4n) is 1.63. The van der Waals surface area contributed by atoms with Gasteiger partial charge in [0.15, 0.2) is 0 Å². The van der Waals surface area contributed by atoms with Crippen molar-refractivity contribution < 1.29 is 0 Å². The van der Waals surface area contributed by atoms with E-state index in [0.29, 0.717) is 0 Å². The van der Waals surface area contributed by atoms with Crippen LogP contribution in [-0.2, 0) is 0 Å². The molecular formula is C11H21N. The van der Waals surface area contributed by atoms with Gasteiger partial charge in [0, 0.05) is 6.54 Å². The van der Waals surface area contributed by atoms with E-state index in [4.69, 9.17) is 0 Å². The maximum absolute atomic E-state index is 3.93. The summed E-state index contributed by atoms with van der Waals surface area (Å²) in [5.41, 5.74) is 1.31. The second-order valence-electron chi connectivity index (χ2n) is 4.23. The predicted octanol–water partition coefficient (Wildman–Crippen LogP) is 2.68. The first-order chi connectivity index (χ1) is 5.68. The van der Waals surface area contributed by atoms with Gasteiger partial charge in [0.1, 0.15) is 0 Å². The van der Waals surface area contributed by atoms with Crippen LogP contribution in [0.3, 0.4) is 0 Å². The molecule has 1 aliphatic rings. The van der Waals surface area contributed by atoms with Gasteiger partial charge in [-0.15, -0.1) is 6.58 Å². The van der Waals surface area contributed by atoms with Crippen molar-refractivity contribution in [1.82, 2.24) is 4.90 Å². The molecule has 0 N–H and O–H groups in total. The first-order valence-electron chi connectivity index (χ1n) is 5.05. The van der Waals surface area contributed by atoms with Crippen LogP contribution in [0.25, 0.3) is 0 Å². The Balaban J connectivity index is 2.13. The first kappa shape index (κ1) is 9.79. The number of nitrogens with zero attached hydrogens (tertiary/aromatic N) is 1. The van der Waals surface area contributed by atoms with E-state index in [2.05, 4.69) is 25.3 Å². The van der Waals surface area contributed by atoms with Gasteiger partial charge in [-0.1, -0.05) is 12.5 Å². The summed E-state index contributed by atoms with van der Waals surface area (Å²) in [6, 6.07) is 0. The molecule has 12 heavy (non-hydrogen) atoms. The molecule has 1 saturated heterocycles. The predicted molar refractivity (Wildman–Crippen MR) is 54.3 cm³/mol. The minimum atomic E-state index is 0.950. The molecule has 0 atom stereocenters. The summed E-state index contributed by atoms with van der Waals surface area (Å²) < 4.78 is 0. The highest BCUT2D eigenvalue weighted by atomic mass is 15.1. The Hall–Kier alpha value is -0.300. The molecule has 0 spiro atoms. The Labute approximate surface area is 76.5 Å². The number of piperidine rings is 1. The average molecular weight is 167 g/mol. The summed E-state index contributed by atoms with van der Waals surface area (Å²) in [5, 5.41) is 0. The average Bonchev–Trinajstić information content (AvgIpc) is 2.03. The SMILES string of the molecule is C=C(C)CCN1CCC(C)CC1. The van der Waals surface area contributed by atoms with Crippen molar-refractivity contribution >= 4 is 0 Å². The second kappa shape index (κ2) is 4.66. The summed E-state index contributed by atoms with van der Waals surface area (Å²) in [6.07, 6.45) is 3.95. The summed E-state index contributed by atoms with van der Waals surface area (Å²) >= 11 is 0. The van der Waals surface area contributed by atoms with E-state index in [-0.39, 0.29) is 0 Å². The quantitative estimate of drug-likeness (QED) is 0.584. The highest BCUT2D eigenvalue weighted by Crippen LogP contribution is 2.16. The van der Waals surface area contributed by atoms with Crippen LogP contribution in [0.1, 0.15) is 33.1 Å². The van der Waals surface area contributed by atoms with Crippen LogP contribution in [-0.4, -0.2) is 24.5 Å². The van der Waals surface area contributed by atoms with E-state index < -0.39 is 0 Å². The molecule has 0 aromatic carbocycles. The lowest BCUT2D eigenvalue weighted by atomic mass is 9.99. The first-order valence-corrected chi connectivity index (χ1v) is 5.05. The van der Waals surface area contributed by atoms with Crippen LogP contribution in [0.4, 0.5) is 0 Å². The van der Waals surface area contributed by atoms with Crippen molar-refractivity contribution in [3.05, 3.63) is 12.2 Å². The number of hydrogen-bond acceptors (Lipinski definition) is 1. The van der Waals surface area contributed by atoms with Crippen molar-refractivity contribution in [3.8, 4) is 0 Å². The second-order valence-corrected chi connectivity index (χ2v) is 4.23. The zero-order chi connectivity index (χ0) is 8.97. The van der Waals surface area contributed by atoms with E-state index in [0.717, 1.165) is 5.92 Å². The molecule has 0 radical (unpaired) electrons. The summed E-state index contributed by atoms with van der Waals surface area (Å²) in [7, 11) is 0. The molecule has 1 heterocycles. The van der Waals surface area contributed by atoms with E-state index in [1.54, 1.807) is 0 Å². The monoisotopic (exact) mass is 167 g/mol. The Morgan fingerprint density at radius 3 is 2.50 bits per heavy atom. The van der Waals surface area contributed by atoms with Crippen molar-refractivity contribution in [2.75, 3.05) is 19.6 Å². The maximum atomic E-state index is 3.93. The number of rotatable bonds is 3. The van der Waals surface area contributed by atoms with Crippen LogP contribution in [0.15, 0.2) is 12.2 Å². The fraction of sp³-hybridized carbons (Fsp3) is 0.818.